The largest absolute Gasteiger partial charge is 0.375 e. The Balaban J connectivity index is 3.51. The zero-order valence-electron chi connectivity index (χ0n) is 9.88. The van der Waals surface area contributed by atoms with Gasteiger partial charge in [-0.1, -0.05) is 26.0 Å². The molecule has 0 heterocycles. The molecule has 1 amide bonds. The fourth-order valence-electron chi connectivity index (χ4n) is 0.913. The Morgan fingerprint density at radius 1 is 1.53 bits per heavy atom. The van der Waals surface area contributed by atoms with Gasteiger partial charge >= 0.3 is 0 Å². The van der Waals surface area contributed by atoms with Crippen LogP contribution in [0.3, 0.4) is 0 Å². The third kappa shape index (κ3) is 7.11. The van der Waals surface area contributed by atoms with Crippen molar-refractivity contribution in [3.63, 3.8) is 0 Å². The van der Waals surface area contributed by atoms with Gasteiger partial charge in [-0.05, 0) is 12.8 Å². The average molecular weight is 214 g/mol. The molecule has 0 aromatic carbocycles. The first kappa shape index (κ1) is 14.1. The molecule has 0 aromatic heterocycles. The summed E-state index contributed by atoms with van der Waals surface area (Å²) in [5.41, 5.74) is 6.63. The van der Waals surface area contributed by atoms with Crippen LogP contribution in [0.25, 0.3) is 0 Å². The summed E-state index contributed by atoms with van der Waals surface area (Å²) in [4.78, 5) is 11.4. The topological polar surface area (TPSA) is 64.3 Å². The minimum Gasteiger partial charge on any atom is -0.375 e. The molecule has 0 aromatic rings. The molecule has 0 aliphatic rings. The molecule has 0 spiro atoms. The van der Waals surface area contributed by atoms with E-state index in [-0.39, 0.29) is 11.8 Å². The second kappa shape index (κ2) is 7.43. The lowest BCUT2D eigenvalue weighted by atomic mass is 10.1. The smallest absolute Gasteiger partial charge is 0.237 e. The Bertz CT molecular complexity index is 215. The van der Waals surface area contributed by atoms with Gasteiger partial charge in [0.2, 0.25) is 5.91 Å². The molecule has 0 saturated heterocycles. The summed E-state index contributed by atoms with van der Waals surface area (Å²) in [5, 5.41) is 2.72. The molecule has 88 valence electrons. The summed E-state index contributed by atoms with van der Waals surface area (Å²) >= 11 is 0. The summed E-state index contributed by atoms with van der Waals surface area (Å²) in [6.45, 7) is 11.0. The van der Waals surface area contributed by atoms with Gasteiger partial charge in [-0.15, -0.1) is 0 Å². The zero-order chi connectivity index (χ0) is 11.8. The highest BCUT2D eigenvalue weighted by molar-refractivity contribution is 5.81. The number of carbonyl (C=O) groups is 1. The number of nitrogens with one attached hydrogen (secondary N) is 1. The number of hydrogen-bond donors (Lipinski definition) is 2. The van der Waals surface area contributed by atoms with Gasteiger partial charge in [0, 0.05) is 6.54 Å². The van der Waals surface area contributed by atoms with E-state index in [2.05, 4.69) is 11.9 Å². The Labute approximate surface area is 91.9 Å². The van der Waals surface area contributed by atoms with E-state index in [9.17, 15) is 4.79 Å². The molecule has 0 unspecified atom stereocenters. The van der Waals surface area contributed by atoms with E-state index in [0.717, 1.165) is 5.57 Å². The standard InChI is InChI=1S/C11H22N2O2/c1-8(2)7-15-6-5-13-11(14)10(12)9(3)4/h9-10H,1,5-7,12H2,2-4H3,(H,13,14)/t10-/m1/s1. The third-order valence-corrected chi connectivity index (χ3v) is 1.92. The molecule has 4 heteroatoms. The highest BCUT2D eigenvalue weighted by Crippen LogP contribution is 1.97. The highest BCUT2D eigenvalue weighted by atomic mass is 16.5. The van der Waals surface area contributed by atoms with Crippen LogP contribution in [0.15, 0.2) is 12.2 Å². The third-order valence-electron chi connectivity index (χ3n) is 1.92. The Hall–Kier alpha value is -0.870. The van der Waals surface area contributed by atoms with Crippen molar-refractivity contribution in [1.29, 1.82) is 0 Å². The molecule has 1 atom stereocenters. The molecule has 0 saturated carbocycles. The summed E-state index contributed by atoms with van der Waals surface area (Å²) in [5.74, 6) is 0.0327. The molecule has 0 aliphatic carbocycles. The van der Waals surface area contributed by atoms with Crippen molar-refractivity contribution in [2.75, 3.05) is 19.8 Å². The van der Waals surface area contributed by atoms with Gasteiger partial charge in [0.15, 0.2) is 0 Å². The van der Waals surface area contributed by atoms with Gasteiger partial charge in [0.25, 0.3) is 0 Å². The maximum absolute atomic E-state index is 11.4. The molecule has 4 nitrogen and oxygen atoms in total. The first-order valence-corrected chi connectivity index (χ1v) is 5.20. The van der Waals surface area contributed by atoms with Crippen LogP contribution < -0.4 is 11.1 Å². The minimum absolute atomic E-state index is 0.121. The quantitative estimate of drug-likeness (QED) is 0.484. The maximum atomic E-state index is 11.4. The first-order valence-electron chi connectivity index (χ1n) is 5.20. The van der Waals surface area contributed by atoms with Gasteiger partial charge in [-0.25, -0.2) is 0 Å². The lowest BCUT2D eigenvalue weighted by molar-refractivity contribution is -0.123. The molecule has 0 radical (unpaired) electrons. The lowest BCUT2D eigenvalue weighted by Gasteiger charge is -2.15. The van der Waals surface area contributed by atoms with Crippen molar-refractivity contribution in [3.05, 3.63) is 12.2 Å². The van der Waals surface area contributed by atoms with E-state index in [1.807, 2.05) is 20.8 Å². The van der Waals surface area contributed by atoms with E-state index in [1.165, 1.54) is 0 Å². The minimum atomic E-state index is -0.439. The van der Waals surface area contributed by atoms with Crippen LogP contribution in [0.4, 0.5) is 0 Å². The maximum Gasteiger partial charge on any atom is 0.237 e. The number of nitrogens with two attached hydrogens (primary N) is 1. The predicted molar refractivity (Wildman–Crippen MR) is 61.5 cm³/mol. The van der Waals surface area contributed by atoms with Crippen molar-refractivity contribution in [2.24, 2.45) is 11.7 Å². The van der Waals surface area contributed by atoms with Gasteiger partial charge in [-0.3, -0.25) is 4.79 Å². The average Bonchev–Trinajstić information content (AvgIpc) is 2.15. The van der Waals surface area contributed by atoms with Gasteiger partial charge in [0.05, 0.1) is 19.3 Å². The summed E-state index contributed by atoms with van der Waals surface area (Å²) in [6.07, 6.45) is 0. The van der Waals surface area contributed by atoms with Gasteiger partial charge in [-0.2, -0.15) is 0 Å². The summed E-state index contributed by atoms with van der Waals surface area (Å²) < 4.78 is 5.23. The molecule has 0 rings (SSSR count). The Morgan fingerprint density at radius 3 is 2.60 bits per heavy atom. The molecule has 0 bridgehead atoms. The van der Waals surface area contributed by atoms with Crippen LogP contribution in [0.1, 0.15) is 20.8 Å². The van der Waals surface area contributed by atoms with Crippen molar-refractivity contribution in [1.82, 2.24) is 5.32 Å². The second-order valence-corrected chi connectivity index (χ2v) is 4.07. The van der Waals surface area contributed by atoms with E-state index in [0.29, 0.717) is 19.8 Å². The van der Waals surface area contributed by atoms with Crippen molar-refractivity contribution >= 4 is 5.91 Å². The molecular formula is C11H22N2O2. The van der Waals surface area contributed by atoms with Crippen LogP contribution in [0.5, 0.6) is 0 Å². The highest BCUT2D eigenvalue weighted by Gasteiger charge is 2.15. The fraction of sp³-hybridized carbons (Fsp3) is 0.727. The number of carbonyl (C=O) groups excluding carboxylic acids is 1. The predicted octanol–water partition coefficient (Wildman–Crippen LogP) is 0.679. The van der Waals surface area contributed by atoms with Crippen LogP contribution in [-0.2, 0) is 9.53 Å². The molecule has 0 aliphatic heterocycles. The van der Waals surface area contributed by atoms with Gasteiger partial charge < -0.3 is 15.8 Å². The SMILES string of the molecule is C=C(C)COCCNC(=O)[C@H](N)C(C)C. The second-order valence-electron chi connectivity index (χ2n) is 4.07. The number of rotatable bonds is 7. The fourth-order valence-corrected chi connectivity index (χ4v) is 0.913. The molecule has 15 heavy (non-hydrogen) atoms. The number of amides is 1. The van der Waals surface area contributed by atoms with E-state index in [4.69, 9.17) is 10.5 Å². The lowest BCUT2D eigenvalue weighted by Crippen LogP contribution is -2.44. The van der Waals surface area contributed by atoms with Crippen LogP contribution in [0, 0.1) is 5.92 Å². The summed E-state index contributed by atoms with van der Waals surface area (Å²) in [7, 11) is 0. The Morgan fingerprint density at radius 2 is 2.13 bits per heavy atom. The molecule has 0 fully saturated rings. The van der Waals surface area contributed by atoms with E-state index in [1.54, 1.807) is 0 Å². The van der Waals surface area contributed by atoms with Crippen LogP contribution in [-0.4, -0.2) is 31.7 Å². The van der Waals surface area contributed by atoms with E-state index < -0.39 is 6.04 Å². The first-order chi connectivity index (χ1) is 6.95. The molecular weight excluding hydrogens is 192 g/mol. The monoisotopic (exact) mass is 214 g/mol. The van der Waals surface area contributed by atoms with Crippen LogP contribution >= 0.6 is 0 Å². The van der Waals surface area contributed by atoms with Crippen molar-refractivity contribution < 1.29 is 9.53 Å². The number of hydrogen-bond acceptors (Lipinski definition) is 3. The van der Waals surface area contributed by atoms with Crippen molar-refractivity contribution in [2.45, 2.75) is 26.8 Å². The van der Waals surface area contributed by atoms with Crippen molar-refractivity contribution in [3.8, 4) is 0 Å². The molecule has 3 N–H and O–H groups in total. The van der Waals surface area contributed by atoms with E-state index >= 15 is 0 Å². The van der Waals surface area contributed by atoms with Gasteiger partial charge in [0.1, 0.15) is 0 Å². The number of ether oxygens (including phenoxy) is 1. The zero-order valence-corrected chi connectivity index (χ0v) is 9.88. The Kier molecular flexibility index (Phi) is 6.99. The summed E-state index contributed by atoms with van der Waals surface area (Å²) in [6, 6.07) is -0.439. The van der Waals surface area contributed by atoms with Crippen LogP contribution in [0.2, 0.25) is 0 Å². The normalized spacial score (nSPS) is 12.6.